The fraction of sp³-hybridized carbons (Fsp3) is 0.450. The van der Waals surface area contributed by atoms with Crippen LogP contribution in [-0.4, -0.2) is 40.6 Å². The molecule has 0 radical (unpaired) electrons. The molecule has 2 amide bonds. The summed E-state index contributed by atoms with van der Waals surface area (Å²) < 4.78 is 6.16. The van der Waals surface area contributed by atoms with Crippen LogP contribution in [0.15, 0.2) is 36.5 Å². The molecule has 3 heterocycles. The second-order valence-electron chi connectivity index (χ2n) is 7.26. The van der Waals surface area contributed by atoms with Crippen LogP contribution >= 0.6 is 0 Å². The molecule has 1 saturated heterocycles. The standard InChI is InChI=1S/C20H25N5O2/c1-14(15-5-3-2-4-6-15)23-19(26)25-10-8-20(9-11-25)17-16(7-12-27-20)13-22-18(21)24-17/h2-6,13-14H,7-12H2,1H3,(H,23,26)(H2,21,22,24)/t14-/m1/s1. The third-order valence-corrected chi connectivity index (χ3v) is 5.56. The zero-order chi connectivity index (χ0) is 18.9. The van der Waals surface area contributed by atoms with Gasteiger partial charge in [0.15, 0.2) is 0 Å². The molecular weight excluding hydrogens is 342 g/mol. The van der Waals surface area contributed by atoms with Crippen LogP contribution < -0.4 is 11.1 Å². The number of nitrogens with two attached hydrogens (primary N) is 1. The summed E-state index contributed by atoms with van der Waals surface area (Å²) in [5.74, 6) is 0.274. The summed E-state index contributed by atoms with van der Waals surface area (Å²) in [7, 11) is 0. The zero-order valence-electron chi connectivity index (χ0n) is 15.5. The highest BCUT2D eigenvalue weighted by Gasteiger charge is 2.43. The van der Waals surface area contributed by atoms with Gasteiger partial charge in [0.25, 0.3) is 0 Å². The second-order valence-corrected chi connectivity index (χ2v) is 7.26. The monoisotopic (exact) mass is 367 g/mol. The summed E-state index contributed by atoms with van der Waals surface area (Å²) in [6.45, 7) is 3.89. The van der Waals surface area contributed by atoms with Gasteiger partial charge < -0.3 is 20.7 Å². The fourth-order valence-corrected chi connectivity index (χ4v) is 3.98. The number of nitrogen functional groups attached to an aromatic ring is 1. The maximum absolute atomic E-state index is 12.7. The number of likely N-dealkylation sites (tertiary alicyclic amines) is 1. The van der Waals surface area contributed by atoms with Crippen molar-refractivity contribution in [3.63, 3.8) is 0 Å². The molecule has 1 fully saturated rings. The van der Waals surface area contributed by atoms with Crippen LogP contribution in [0.3, 0.4) is 0 Å². The largest absolute Gasteiger partial charge is 0.368 e. The topological polar surface area (TPSA) is 93.4 Å². The van der Waals surface area contributed by atoms with Crippen molar-refractivity contribution in [2.75, 3.05) is 25.4 Å². The summed E-state index contributed by atoms with van der Waals surface area (Å²) in [6.07, 6.45) is 4.03. The van der Waals surface area contributed by atoms with Crippen molar-refractivity contribution in [3.05, 3.63) is 53.3 Å². The van der Waals surface area contributed by atoms with Crippen molar-refractivity contribution < 1.29 is 9.53 Å². The van der Waals surface area contributed by atoms with Gasteiger partial charge in [-0.1, -0.05) is 30.3 Å². The van der Waals surface area contributed by atoms with Gasteiger partial charge in [0.1, 0.15) is 5.60 Å². The lowest BCUT2D eigenvalue weighted by molar-refractivity contribution is -0.0958. The number of ether oxygens (including phenoxy) is 1. The first kappa shape index (κ1) is 17.7. The predicted octanol–water partition coefficient (Wildman–Crippen LogP) is 2.39. The number of anilines is 1. The molecule has 1 aromatic heterocycles. The molecule has 4 rings (SSSR count). The molecule has 1 aromatic carbocycles. The Labute approximate surface area is 158 Å². The first-order chi connectivity index (χ1) is 13.1. The Morgan fingerprint density at radius 3 is 2.78 bits per heavy atom. The Hall–Kier alpha value is -2.67. The van der Waals surface area contributed by atoms with Gasteiger partial charge in [0.2, 0.25) is 5.95 Å². The van der Waals surface area contributed by atoms with E-state index in [2.05, 4.69) is 15.3 Å². The highest BCUT2D eigenvalue weighted by molar-refractivity contribution is 5.74. The van der Waals surface area contributed by atoms with Crippen molar-refractivity contribution in [1.82, 2.24) is 20.2 Å². The summed E-state index contributed by atoms with van der Waals surface area (Å²) >= 11 is 0. The summed E-state index contributed by atoms with van der Waals surface area (Å²) in [4.78, 5) is 23.1. The quantitative estimate of drug-likeness (QED) is 0.850. The van der Waals surface area contributed by atoms with Crippen LogP contribution in [0.5, 0.6) is 0 Å². The molecule has 0 saturated carbocycles. The predicted molar refractivity (Wildman–Crippen MR) is 102 cm³/mol. The van der Waals surface area contributed by atoms with Crippen molar-refractivity contribution >= 4 is 12.0 Å². The van der Waals surface area contributed by atoms with E-state index in [1.165, 1.54) is 0 Å². The Morgan fingerprint density at radius 1 is 1.30 bits per heavy atom. The molecule has 3 N–H and O–H groups in total. The van der Waals surface area contributed by atoms with Crippen molar-refractivity contribution in [3.8, 4) is 0 Å². The first-order valence-electron chi connectivity index (χ1n) is 9.44. The van der Waals surface area contributed by atoms with Gasteiger partial charge in [-0.05, 0) is 37.3 Å². The highest BCUT2D eigenvalue weighted by atomic mass is 16.5. The average molecular weight is 367 g/mol. The van der Waals surface area contributed by atoms with E-state index in [0.29, 0.717) is 32.5 Å². The molecule has 0 bridgehead atoms. The minimum absolute atomic E-state index is 0.0335. The van der Waals surface area contributed by atoms with Crippen LogP contribution in [0.25, 0.3) is 0 Å². The molecule has 2 aromatic rings. The van der Waals surface area contributed by atoms with Crippen LogP contribution in [0, 0.1) is 0 Å². The number of carbonyl (C=O) groups is 1. The van der Waals surface area contributed by atoms with Crippen LogP contribution in [0.4, 0.5) is 10.7 Å². The Kier molecular flexibility index (Phi) is 4.70. The van der Waals surface area contributed by atoms with Crippen molar-refractivity contribution in [1.29, 1.82) is 0 Å². The van der Waals surface area contributed by atoms with E-state index in [9.17, 15) is 4.79 Å². The van der Waals surface area contributed by atoms with Crippen LogP contribution in [-0.2, 0) is 16.8 Å². The van der Waals surface area contributed by atoms with E-state index in [1.807, 2.05) is 48.4 Å². The third-order valence-electron chi connectivity index (χ3n) is 5.56. The Bertz CT molecular complexity index is 818. The minimum Gasteiger partial charge on any atom is -0.368 e. The van der Waals surface area contributed by atoms with Gasteiger partial charge in [0, 0.05) is 19.3 Å². The summed E-state index contributed by atoms with van der Waals surface area (Å²) in [5.41, 5.74) is 8.45. The molecule has 27 heavy (non-hydrogen) atoms. The maximum atomic E-state index is 12.7. The molecule has 0 unspecified atom stereocenters. The lowest BCUT2D eigenvalue weighted by atomic mass is 9.83. The van der Waals surface area contributed by atoms with E-state index >= 15 is 0 Å². The third kappa shape index (κ3) is 3.47. The van der Waals surface area contributed by atoms with Crippen molar-refractivity contribution in [2.45, 2.75) is 37.8 Å². The number of urea groups is 1. The Morgan fingerprint density at radius 2 is 2.04 bits per heavy atom. The number of hydrogen-bond donors (Lipinski definition) is 2. The second kappa shape index (κ2) is 7.15. The maximum Gasteiger partial charge on any atom is 0.317 e. The number of piperidine rings is 1. The molecule has 7 nitrogen and oxygen atoms in total. The van der Waals surface area contributed by atoms with Crippen LogP contribution in [0.1, 0.15) is 42.6 Å². The number of rotatable bonds is 2. The molecule has 1 spiro atoms. The highest BCUT2D eigenvalue weighted by Crippen LogP contribution is 2.40. The summed E-state index contributed by atoms with van der Waals surface area (Å²) in [5, 5.41) is 3.09. The summed E-state index contributed by atoms with van der Waals surface area (Å²) in [6, 6.07) is 9.90. The fourth-order valence-electron chi connectivity index (χ4n) is 3.98. The van der Waals surface area contributed by atoms with E-state index in [1.54, 1.807) is 0 Å². The number of carbonyl (C=O) groups excluding carboxylic acids is 1. The minimum atomic E-state index is -0.452. The number of aromatic nitrogens is 2. The van der Waals surface area contributed by atoms with Crippen molar-refractivity contribution in [2.24, 2.45) is 0 Å². The zero-order valence-corrected chi connectivity index (χ0v) is 15.5. The molecule has 2 aliphatic rings. The van der Waals surface area contributed by atoms with Gasteiger partial charge in [-0.3, -0.25) is 0 Å². The average Bonchev–Trinajstić information content (AvgIpc) is 2.70. The normalized spacial score (nSPS) is 19.4. The first-order valence-corrected chi connectivity index (χ1v) is 9.44. The van der Waals surface area contributed by atoms with Crippen LogP contribution in [0.2, 0.25) is 0 Å². The number of fused-ring (bicyclic) bond motifs is 2. The van der Waals surface area contributed by atoms with E-state index in [0.717, 1.165) is 23.2 Å². The van der Waals surface area contributed by atoms with Gasteiger partial charge in [-0.15, -0.1) is 0 Å². The van der Waals surface area contributed by atoms with Gasteiger partial charge in [-0.25, -0.2) is 14.8 Å². The number of nitrogens with zero attached hydrogens (tertiary/aromatic N) is 3. The number of nitrogens with one attached hydrogen (secondary N) is 1. The molecular formula is C20H25N5O2. The smallest absolute Gasteiger partial charge is 0.317 e. The van der Waals surface area contributed by atoms with Gasteiger partial charge >= 0.3 is 6.03 Å². The SMILES string of the molecule is C[C@@H](NC(=O)N1CCC2(CC1)OCCc1cnc(N)nc12)c1ccccc1. The number of amides is 2. The lowest BCUT2D eigenvalue weighted by Gasteiger charge is -2.44. The number of hydrogen-bond acceptors (Lipinski definition) is 5. The van der Waals surface area contributed by atoms with E-state index in [4.69, 9.17) is 10.5 Å². The molecule has 1 atom stereocenters. The van der Waals surface area contributed by atoms with E-state index in [-0.39, 0.29) is 18.0 Å². The Balaban J connectivity index is 1.42. The number of benzene rings is 1. The molecule has 0 aliphatic carbocycles. The lowest BCUT2D eigenvalue weighted by Crippen LogP contribution is -2.51. The molecule has 7 heteroatoms. The van der Waals surface area contributed by atoms with Gasteiger partial charge in [-0.2, -0.15) is 0 Å². The van der Waals surface area contributed by atoms with Gasteiger partial charge in [0.05, 0.1) is 18.3 Å². The molecule has 2 aliphatic heterocycles. The van der Waals surface area contributed by atoms with E-state index < -0.39 is 5.60 Å². The molecule has 142 valence electrons.